The number of hydrogen-bond acceptors (Lipinski definition) is 7. The highest BCUT2D eigenvalue weighted by Crippen LogP contribution is 2.35. The van der Waals surface area contributed by atoms with Crippen LogP contribution in [0.5, 0.6) is 0 Å². The van der Waals surface area contributed by atoms with Crippen LogP contribution in [-0.4, -0.2) is 66.7 Å². The number of anilines is 1. The molecule has 0 radical (unpaired) electrons. The second-order valence-electron chi connectivity index (χ2n) is 6.52. The number of amides is 1. The molecule has 0 bridgehead atoms. The van der Waals surface area contributed by atoms with Crippen LogP contribution in [0, 0.1) is 0 Å². The number of morpholine rings is 1. The minimum atomic E-state index is -0.0758. The second kappa shape index (κ2) is 8.57. The van der Waals surface area contributed by atoms with Gasteiger partial charge in [0.05, 0.1) is 36.8 Å². The van der Waals surface area contributed by atoms with Gasteiger partial charge in [0.15, 0.2) is 0 Å². The number of ether oxygens (including phenoxy) is 2. The largest absolute Gasteiger partial charge is 0.383 e. The average Bonchev–Trinajstić information content (AvgIpc) is 2.99. The number of nitrogens with zero attached hydrogens (tertiary/aromatic N) is 3. The van der Waals surface area contributed by atoms with Gasteiger partial charge < -0.3 is 14.4 Å². The predicted octanol–water partition coefficient (Wildman–Crippen LogP) is 2.92. The molecule has 1 aromatic heterocycles. The zero-order valence-electron chi connectivity index (χ0n) is 15.6. The van der Waals surface area contributed by atoms with Crippen LogP contribution in [0.2, 0.25) is 0 Å². The standard InChI is InChI=1S/C20H21N3O3S2/c1-25-9-8-23-19(24)17(28-20(23)27)13-15-12-14-4-2-3-5-16(14)21-18(15)22-6-10-26-11-7-22/h2-5,12-13H,6-11H2,1H3. The Bertz CT molecular complexity index is 941. The molecule has 2 aliphatic heterocycles. The van der Waals surface area contributed by atoms with Crippen LogP contribution in [0.1, 0.15) is 5.56 Å². The van der Waals surface area contributed by atoms with E-state index in [4.69, 9.17) is 26.7 Å². The van der Waals surface area contributed by atoms with E-state index in [-0.39, 0.29) is 5.91 Å². The van der Waals surface area contributed by atoms with Gasteiger partial charge in [-0.05, 0) is 18.2 Å². The Balaban J connectivity index is 1.73. The van der Waals surface area contributed by atoms with E-state index < -0.39 is 0 Å². The summed E-state index contributed by atoms with van der Waals surface area (Å²) >= 11 is 6.72. The molecule has 6 nitrogen and oxygen atoms in total. The number of thiocarbonyl (C=S) groups is 1. The molecular formula is C20H21N3O3S2. The predicted molar refractivity (Wildman–Crippen MR) is 117 cm³/mol. The molecular weight excluding hydrogens is 394 g/mol. The van der Waals surface area contributed by atoms with Crippen molar-refractivity contribution >= 4 is 57.0 Å². The molecule has 0 unspecified atom stereocenters. The number of thioether (sulfide) groups is 1. The Morgan fingerprint density at radius 1 is 1.32 bits per heavy atom. The van der Waals surface area contributed by atoms with Crippen molar-refractivity contribution in [1.29, 1.82) is 0 Å². The molecule has 1 aromatic carbocycles. The van der Waals surface area contributed by atoms with Gasteiger partial charge in [-0.25, -0.2) is 4.98 Å². The molecule has 2 fully saturated rings. The number of carbonyl (C=O) groups excluding carboxylic acids is 1. The quantitative estimate of drug-likeness (QED) is 0.550. The molecule has 2 aromatic rings. The van der Waals surface area contributed by atoms with E-state index in [0.29, 0.717) is 35.6 Å². The van der Waals surface area contributed by atoms with Crippen LogP contribution < -0.4 is 4.90 Å². The lowest BCUT2D eigenvalue weighted by molar-refractivity contribution is -0.122. The first kappa shape index (κ1) is 19.3. The van der Waals surface area contributed by atoms with Crippen molar-refractivity contribution in [3.63, 3.8) is 0 Å². The van der Waals surface area contributed by atoms with Crippen LogP contribution in [0.25, 0.3) is 17.0 Å². The Morgan fingerprint density at radius 2 is 2.11 bits per heavy atom. The number of hydrogen-bond donors (Lipinski definition) is 0. The number of methoxy groups -OCH3 is 1. The minimum Gasteiger partial charge on any atom is -0.383 e. The summed E-state index contributed by atoms with van der Waals surface area (Å²) in [6.07, 6.45) is 1.91. The molecule has 0 spiro atoms. The van der Waals surface area contributed by atoms with Gasteiger partial charge in [-0.15, -0.1) is 0 Å². The fraction of sp³-hybridized carbons (Fsp3) is 0.350. The molecule has 1 amide bonds. The van der Waals surface area contributed by atoms with E-state index in [9.17, 15) is 4.79 Å². The maximum absolute atomic E-state index is 12.8. The highest BCUT2D eigenvalue weighted by molar-refractivity contribution is 8.26. The normalized spacial score (nSPS) is 19.2. The van der Waals surface area contributed by atoms with Gasteiger partial charge >= 0.3 is 0 Å². The van der Waals surface area contributed by atoms with Crippen LogP contribution >= 0.6 is 24.0 Å². The Kier molecular flexibility index (Phi) is 5.91. The highest BCUT2D eigenvalue weighted by atomic mass is 32.2. The molecule has 146 valence electrons. The lowest BCUT2D eigenvalue weighted by Crippen LogP contribution is -2.37. The summed E-state index contributed by atoms with van der Waals surface area (Å²) in [5.74, 6) is 0.803. The number of aromatic nitrogens is 1. The molecule has 0 N–H and O–H groups in total. The molecule has 28 heavy (non-hydrogen) atoms. The van der Waals surface area contributed by atoms with E-state index in [1.807, 2.05) is 30.3 Å². The molecule has 2 saturated heterocycles. The molecule has 0 atom stereocenters. The molecule has 0 aliphatic carbocycles. The summed E-state index contributed by atoms with van der Waals surface area (Å²) in [4.78, 5) is 22.1. The number of para-hydroxylation sites is 1. The lowest BCUT2D eigenvalue weighted by Gasteiger charge is -2.29. The third kappa shape index (κ3) is 3.91. The first-order chi connectivity index (χ1) is 13.7. The zero-order valence-corrected chi connectivity index (χ0v) is 17.2. The van der Waals surface area contributed by atoms with Crippen LogP contribution in [0.4, 0.5) is 5.82 Å². The molecule has 4 rings (SSSR count). The van der Waals surface area contributed by atoms with E-state index >= 15 is 0 Å². The Hall–Kier alpha value is -2.00. The molecule has 3 heterocycles. The summed E-state index contributed by atoms with van der Waals surface area (Å²) in [5, 5.41) is 1.04. The molecule has 8 heteroatoms. The fourth-order valence-corrected chi connectivity index (χ4v) is 4.57. The van der Waals surface area contributed by atoms with Gasteiger partial charge in [-0.3, -0.25) is 9.69 Å². The zero-order chi connectivity index (χ0) is 19.5. The molecule has 2 aliphatic rings. The number of carbonyl (C=O) groups is 1. The van der Waals surface area contributed by atoms with Gasteiger partial charge in [0.1, 0.15) is 10.1 Å². The summed E-state index contributed by atoms with van der Waals surface area (Å²) in [5.41, 5.74) is 1.86. The van der Waals surface area contributed by atoms with Crippen LogP contribution in [0.3, 0.4) is 0 Å². The smallest absolute Gasteiger partial charge is 0.266 e. The maximum Gasteiger partial charge on any atom is 0.266 e. The minimum absolute atomic E-state index is 0.0758. The van der Waals surface area contributed by atoms with Crippen molar-refractivity contribution in [1.82, 2.24) is 9.88 Å². The summed E-state index contributed by atoms with van der Waals surface area (Å²) in [6, 6.07) is 10.1. The van der Waals surface area contributed by atoms with Crippen molar-refractivity contribution in [2.45, 2.75) is 0 Å². The SMILES string of the molecule is COCCN1C(=O)C(=Cc2cc3ccccc3nc2N2CCOCC2)SC1=S. The van der Waals surface area contributed by atoms with Crippen molar-refractivity contribution in [2.75, 3.05) is 51.5 Å². The third-order valence-electron chi connectivity index (χ3n) is 4.72. The lowest BCUT2D eigenvalue weighted by atomic mass is 10.1. The fourth-order valence-electron chi connectivity index (χ4n) is 3.27. The van der Waals surface area contributed by atoms with Gasteiger partial charge in [0, 0.05) is 31.1 Å². The number of rotatable bonds is 5. The van der Waals surface area contributed by atoms with Gasteiger partial charge in [0.2, 0.25) is 0 Å². The second-order valence-corrected chi connectivity index (χ2v) is 8.20. The first-order valence-electron chi connectivity index (χ1n) is 9.14. The summed E-state index contributed by atoms with van der Waals surface area (Å²) in [7, 11) is 1.61. The summed E-state index contributed by atoms with van der Waals surface area (Å²) < 4.78 is 11.1. The van der Waals surface area contributed by atoms with Crippen LogP contribution in [-0.2, 0) is 14.3 Å². The monoisotopic (exact) mass is 415 g/mol. The van der Waals surface area contributed by atoms with E-state index in [1.54, 1.807) is 12.0 Å². The van der Waals surface area contributed by atoms with Crippen molar-refractivity contribution in [3.05, 3.63) is 40.8 Å². The maximum atomic E-state index is 12.8. The topological polar surface area (TPSA) is 54.9 Å². The summed E-state index contributed by atoms with van der Waals surface area (Å²) in [6.45, 7) is 3.82. The highest BCUT2D eigenvalue weighted by Gasteiger charge is 2.32. The third-order valence-corrected chi connectivity index (χ3v) is 6.10. The molecule has 0 saturated carbocycles. The number of fused-ring (bicyclic) bond motifs is 1. The number of pyridine rings is 1. The average molecular weight is 416 g/mol. The van der Waals surface area contributed by atoms with E-state index in [2.05, 4.69) is 11.0 Å². The number of benzene rings is 1. The van der Waals surface area contributed by atoms with Gasteiger partial charge in [-0.1, -0.05) is 42.2 Å². The van der Waals surface area contributed by atoms with Crippen molar-refractivity contribution in [2.24, 2.45) is 0 Å². The van der Waals surface area contributed by atoms with Gasteiger partial charge in [-0.2, -0.15) is 0 Å². The van der Waals surface area contributed by atoms with E-state index in [0.717, 1.165) is 35.4 Å². The van der Waals surface area contributed by atoms with Crippen LogP contribution in [0.15, 0.2) is 35.2 Å². The Labute approximate surface area is 173 Å². The Morgan fingerprint density at radius 3 is 2.89 bits per heavy atom. The van der Waals surface area contributed by atoms with Gasteiger partial charge in [0.25, 0.3) is 5.91 Å². The van der Waals surface area contributed by atoms with Crippen molar-refractivity contribution in [3.8, 4) is 0 Å². The van der Waals surface area contributed by atoms with Crippen molar-refractivity contribution < 1.29 is 14.3 Å². The first-order valence-corrected chi connectivity index (χ1v) is 10.4. The van der Waals surface area contributed by atoms with E-state index in [1.165, 1.54) is 11.8 Å².